The molecule has 7 heteroatoms. The van der Waals surface area contributed by atoms with Crippen molar-refractivity contribution in [1.82, 2.24) is 4.90 Å². The molecule has 2 N–H and O–H groups in total. The molecule has 1 aliphatic heterocycles. The molecule has 0 saturated carbocycles. The van der Waals surface area contributed by atoms with Gasteiger partial charge in [0.2, 0.25) is 0 Å². The number of likely N-dealkylation sites (tertiary alicyclic amines) is 1. The molecule has 1 amide bonds. The summed E-state index contributed by atoms with van der Waals surface area (Å²) in [7, 11) is 0. The van der Waals surface area contributed by atoms with Crippen LogP contribution in [-0.2, 0) is 0 Å². The summed E-state index contributed by atoms with van der Waals surface area (Å²) in [5, 5.41) is 10.4. The SMILES string of the molecule is NCC1CCCN1C(=O)c1ccc([N+](=O)[O-])o1. The van der Waals surface area contributed by atoms with E-state index >= 15 is 0 Å². The molecular weight excluding hydrogens is 226 g/mol. The first-order chi connectivity index (χ1) is 8.13. The Bertz CT molecular complexity index is 443. The fourth-order valence-electron chi connectivity index (χ4n) is 2.03. The number of hydrogen-bond acceptors (Lipinski definition) is 5. The molecular formula is C10H13N3O4. The van der Waals surface area contributed by atoms with E-state index in [-0.39, 0.29) is 17.7 Å². The summed E-state index contributed by atoms with van der Waals surface area (Å²) in [4.78, 5) is 23.4. The van der Waals surface area contributed by atoms with E-state index in [0.717, 1.165) is 12.8 Å². The van der Waals surface area contributed by atoms with Crippen LogP contribution < -0.4 is 5.73 Å². The van der Waals surface area contributed by atoms with Gasteiger partial charge in [0, 0.05) is 19.1 Å². The third-order valence-electron chi connectivity index (χ3n) is 2.89. The van der Waals surface area contributed by atoms with Crippen LogP contribution in [0.25, 0.3) is 0 Å². The van der Waals surface area contributed by atoms with Gasteiger partial charge in [-0.1, -0.05) is 0 Å². The zero-order chi connectivity index (χ0) is 12.4. The van der Waals surface area contributed by atoms with Crippen molar-refractivity contribution in [1.29, 1.82) is 0 Å². The zero-order valence-electron chi connectivity index (χ0n) is 9.17. The van der Waals surface area contributed by atoms with E-state index in [9.17, 15) is 14.9 Å². The summed E-state index contributed by atoms with van der Waals surface area (Å²) in [5.41, 5.74) is 5.56. The number of furan rings is 1. The molecule has 0 radical (unpaired) electrons. The van der Waals surface area contributed by atoms with Crippen molar-refractivity contribution in [3.8, 4) is 0 Å². The first-order valence-corrected chi connectivity index (χ1v) is 5.38. The van der Waals surface area contributed by atoms with Crippen molar-refractivity contribution in [3.05, 3.63) is 28.0 Å². The Morgan fingerprint density at radius 3 is 3.00 bits per heavy atom. The van der Waals surface area contributed by atoms with Crippen molar-refractivity contribution in [2.75, 3.05) is 13.1 Å². The van der Waals surface area contributed by atoms with Gasteiger partial charge in [-0.2, -0.15) is 0 Å². The Morgan fingerprint density at radius 2 is 2.41 bits per heavy atom. The minimum atomic E-state index is -0.665. The van der Waals surface area contributed by atoms with Crippen LogP contribution >= 0.6 is 0 Å². The highest BCUT2D eigenvalue weighted by molar-refractivity contribution is 5.92. The molecule has 1 atom stereocenters. The lowest BCUT2D eigenvalue weighted by atomic mass is 10.2. The lowest BCUT2D eigenvalue weighted by Crippen LogP contribution is -2.39. The van der Waals surface area contributed by atoms with Crippen LogP contribution in [0, 0.1) is 10.1 Å². The number of rotatable bonds is 3. The van der Waals surface area contributed by atoms with Gasteiger partial charge in [0.25, 0.3) is 5.91 Å². The van der Waals surface area contributed by atoms with Crippen molar-refractivity contribution < 1.29 is 14.1 Å². The van der Waals surface area contributed by atoms with Gasteiger partial charge in [-0.25, -0.2) is 0 Å². The molecule has 92 valence electrons. The van der Waals surface area contributed by atoms with Gasteiger partial charge in [0.05, 0.1) is 6.07 Å². The second-order valence-corrected chi connectivity index (χ2v) is 3.93. The van der Waals surface area contributed by atoms with Crippen molar-refractivity contribution in [3.63, 3.8) is 0 Å². The summed E-state index contributed by atoms with van der Waals surface area (Å²) >= 11 is 0. The molecule has 0 aliphatic carbocycles. The van der Waals surface area contributed by atoms with Crippen molar-refractivity contribution >= 4 is 11.8 Å². The summed E-state index contributed by atoms with van der Waals surface area (Å²) in [6.45, 7) is 1.02. The first-order valence-electron chi connectivity index (χ1n) is 5.38. The molecule has 2 heterocycles. The lowest BCUT2D eigenvalue weighted by molar-refractivity contribution is -0.402. The Kier molecular flexibility index (Phi) is 3.10. The number of carbonyl (C=O) groups excluding carboxylic acids is 1. The third-order valence-corrected chi connectivity index (χ3v) is 2.89. The maximum Gasteiger partial charge on any atom is 0.433 e. The average Bonchev–Trinajstić information content (AvgIpc) is 2.96. The fourth-order valence-corrected chi connectivity index (χ4v) is 2.03. The number of nitrogens with zero attached hydrogens (tertiary/aromatic N) is 2. The number of amides is 1. The molecule has 1 saturated heterocycles. The van der Waals surface area contributed by atoms with Crippen LogP contribution in [0.3, 0.4) is 0 Å². The standard InChI is InChI=1S/C10H13N3O4/c11-6-7-2-1-5-12(7)10(14)8-3-4-9(17-8)13(15)16/h3-4,7H,1-2,5-6,11H2. The van der Waals surface area contributed by atoms with Crippen molar-refractivity contribution in [2.45, 2.75) is 18.9 Å². The monoisotopic (exact) mass is 239 g/mol. The normalized spacial score (nSPS) is 19.6. The second kappa shape index (κ2) is 4.54. The Balaban J connectivity index is 2.16. The molecule has 0 aromatic carbocycles. The average molecular weight is 239 g/mol. The number of nitro groups is 1. The third kappa shape index (κ3) is 2.14. The van der Waals surface area contributed by atoms with Crippen LogP contribution in [0.15, 0.2) is 16.5 Å². The minimum absolute atomic E-state index is 0.00273. The highest BCUT2D eigenvalue weighted by Gasteiger charge is 2.30. The minimum Gasteiger partial charge on any atom is -0.395 e. The Morgan fingerprint density at radius 1 is 1.65 bits per heavy atom. The topological polar surface area (TPSA) is 103 Å². The molecule has 1 fully saturated rings. The maximum atomic E-state index is 12.0. The lowest BCUT2D eigenvalue weighted by Gasteiger charge is -2.21. The molecule has 0 bridgehead atoms. The fraction of sp³-hybridized carbons (Fsp3) is 0.500. The van der Waals surface area contributed by atoms with E-state index in [1.54, 1.807) is 4.90 Å². The molecule has 1 aliphatic rings. The van der Waals surface area contributed by atoms with E-state index < -0.39 is 10.8 Å². The molecule has 1 aromatic rings. The second-order valence-electron chi connectivity index (χ2n) is 3.93. The number of hydrogen-bond donors (Lipinski definition) is 1. The highest BCUT2D eigenvalue weighted by atomic mass is 16.6. The van der Waals surface area contributed by atoms with Gasteiger partial charge in [0.15, 0.2) is 5.76 Å². The molecule has 2 rings (SSSR count). The van der Waals surface area contributed by atoms with Crippen LogP contribution in [0.1, 0.15) is 23.4 Å². The van der Waals surface area contributed by atoms with Gasteiger partial charge in [-0.05, 0) is 18.9 Å². The quantitative estimate of drug-likeness (QED) is 0.619. The van der Waals surface area contributed by atoms with Crippen molar-refractivity contribution in [2.24, 2.45) is 5.73 Å². The van der Waals surface area contributed by atoms with Gasteiger partial charge < -0.3 is 15.1 Å². The van der Waals surface area contributed by atoms with Crippen LogP contribution in [0.4, 0.5) is 5.88 Å². The summed E-state index contributed by atoms with van der Waals surface area (Å²) < 4.78 is 4.88. The van der Waals surface area contributed by atoms with Crippen LogP contribution in [0.5, 0.6) is 0 Å². The molecule has 17 heavy (non-hydrogen) atoms. The van der Waals surface area contributed by atoms with Gasteiger partial charge in [0.1, 0.15) is 4.92 Å². The largest absolute Gasteiger partial charge is 0.433 e. The van der Waals surface area contributed by atoms with Gasteiger partial charge in [-0.3, -0.25) is 14.9 Å². The molecule has 7 nitrogen and oxygen atoms in total. The van der Waals surface area contributed by atoms with E-state index in [0.29, 0.717) is 13.1 Å². The smallest absolute Gasteiger partial charge is 0.395 e. The highest BCUT2D eigenvalue weighted by Crippen LogP contribution is 2.22. The van der Waals surface area contributed by atoms with E-state index in [4.69, 9.17) is 10.2 Å². The van der Waals surface area contributed by atoms with E-state index in [1.165, 1.54) is 12.1 Å². The number of nitrogens with two attached hydrogens (primary N) is 1. The van der Waals surface area contributed by atoms with Crippen LogP contribution in [0.2, 0.25) is 0 Å². The molecule has 1 aromatic heterocycles. The predicted molar refractivity (Wildman–Crippen MR) is 58.5 cm³/mol. The van der Waals surface area contributed by atoms with E-state index in [2.05, 4.69) is 0 Å². The maximum absolute atomic E-state index is 12.0. The Hall–Kier alpha value is -1.89. The predicted octanol–water partition coefficient (Wildman–Crippen LogP) is 0.751. The Labute approximate surface area is 97.3 Å². The summed E-state index contributed by atoms with van der Waals surface area (Å²) in [6, 6.07) is 2.51. The zero-order valence-corrected chi connectivity index (χ0v) is 9.17. The van der Waals surface area contributed by atoms with Gasteiger partial charge in [-0.15, -0.1) is 0 Å². The molecule has 1 unspecified atom stereocenters. The van der Waals surface area contributed by atoms with Gasteiger partial charge >= 0.3 is 5.88 Å². The number of carbonyl (C=O) groups is 1. The summed E-state index contributed by atoms with van der Waals surface area (Å²) in [6.07, 6.45) is 1.77. The van der Waals surface area contributed by atoms with E-state index in [1.807, 2.05) is 0 Å². The summed E-state index contributed by atoms with van der Waals surface area (Å²) in [5.74, 6) is -0.750. The first kappa shape index (κ1) is 11.6. The van der Waals surface area contributed by atoms with Crippen LogP contribution in [-0.4, -0.2) is 34.9 Å². The molecule has 0 spiro atoms.